The second kappa shape index (κ2) is 4.34. The van der Waals surface area contributed by atoms with Gasteiger partial charge in [-0.15, -0.1) is 0 Å². The lowest BCUT2D eigenvalue weighted by Crippen LogP contribution is -2.10. The van der Waals surface area contributed by atoms with Gasteiger partial charge >= 0.3 is 0 Å². The molecule has 0 aliphatic carbocycles. The van der Waals surface area contributed by atoms with Crippen LogP contribution in [0.25, 0.3) is 17.2 Å². The van der Waals surface area contributed by atoms with Crippen LogP contribution in [0, 0.1) is 0 Å². The fourth-order valence-corrected chi connectivity index (χ4v) is 1.57. The molecule has 2 N–H and O–H groups in total. The molecule has 3 heteroatoms. The molecule has 0 unspecified atom stereocenters. The van der Waals surface area contributed by atoms with Crippen molar-refractivity contribution in [3.05, 3.63) is 35.7 Å². The average Bonchev–Trinajstić information content (AvgIpc) is 2.68. The summed E-state index contributed by atoms with van der Waals surface area (Å²) in [5.74, 6) is 0.771. The number of hydrogen-bond acceptors (Lipinski definition) is 3. The first kappa shape index (κ1) is 11.9. The van der Waals surface area contributed by atoms with E-state index in [1.165, 1.54) is 0 Å². The van der Waals surface area contributed by atoms with Crippen molar-refractivity contribution in [2.24, 2.45) is 5.73 Å². The van der Waals surface area contributed by atoms with Crippen molar-refractivity contribution in [3.63, 3.8) is 0 Å². The van der Waals surface area contributed by atoms with Crippen LogP contribution in [-0.4, -0.2) is 11.5 Å². The molecule has 0 atom stereocenters. The SMILES string of the molecule is CC(C)(C)c1nc2cc(/C=C/CN)ccc2o1. The van der Waals surface area contributed by atoms with E-state index >= 15 is 0 Å². The maximum absolute atomic E-state index is 5.73. The van der Waals surface area contributed by atoms with E-state index in [4.69, 9.17) is 10.2 Å². The summed E-state index contributed by atoms with van der Waals surface area (Å²) in [6, 6.07) is 5.97. The highest BCUT2D eigenvalue weighted by atomic mass is 16.3. The molecule has 0 aliphatic rings. The highest BCUT2D eigenvalue weighted by Gasteiger charge is 2.20. The summed E-state index contributed by atoms with van der Waals surface area (Å²) in [6.07, 6.45) is 3.91. The van der Waals surface area contributed by atoms with Gasteiger partial charge in [0.25, 0.3) is 0 Å². The van der Waals surface area contributed by atoms with E-state index in [1.807, 2.05) is 30.4 Å². The van der Waals surface area contributed by atoms with Crippen molar-refractivity contribution in [2.75, 3.05) is 6.54 Å². The smallest absolute Gasteiger partial charge is 0.200 e. The molecule has 3 nitrogen and oxygen atoms in total. The van der Waals surface area contributed by atoms with Gasteiger partial charge in [0.2, 0.25) is 5.89 Å². The van der Waals surface area contributed by atoms with Gasteiger partial charge in [0.05, 0.1) is 0 Å². The molecular formula is C14H18N2O. The fourth-order valence-electron chi connectivity index (χ4n) is 1.57. The van der Waals surface area contributed by atoms with E-state index in [0.717, 1.165) is 22.6 Å². The van der Waals surface area contributed by atoms with Crippen molar-refractivity contribution in [1.82, 2.24) is 4.98 Å². The topological polar surface area (TPSA) is 52.0 Å². The Morgan fingerprint density at radius 1 is 1.35 bits per heavy atom. The van der Waals surface area contributed by atoms with Crippen LogP contribution in [0.5, 0.6) is 0 Å². The normalized spacial score (nSPS) is 12.7. The average molecular weight is 230 g/mol. The van der Waals surface area contributed by atoms with Crippen molar-refractivity contribution in [1.29, 1.82) is 0 Å². The summed E-state index contributed by atoms with van der Waals surface area (Å²) in [5.41, 5.74) is 8.19. The first-order valence-electron chi connectivity index (χ1n) is 5.78. The number of benzene rings is 1. The van der Waals surface area contributed by atoms with Gasteiger partial charge in [-0.3, -0.25) is 0 Å². The van der Waals surface area contributed by atoms with Gasteiger partial charge < -0.3 is 10.2 Å². The maximum atomic E-state index is 5.73. The van der Waals surface area contributed by atoms with Crippen LogP contribution in [0.3, 0.4) is 0 Å². The Bertz CT molecular complexity index is 547. The molecule has 0 aliphatic heterocycles. The molecule has 0 saturated heterocycles. The fraction of sp³-hybridized carbons (Fsp3) is 0.357. The molecule has 2 aromatic rings. The zero-order valence-corrected chi connectivity index (χ0v) is 10.5. The van der Waals surface area contributed by atoms with Gasteiger partial charge in [0.1, 0.15) is 5.52 Å². The molecular weight excluding hydrogens is 212 g/mol. The lowest BCUT2D eigenvalue weighted by atomic mass is 9.97. The standard InChI is InChI=1S/C14H18N2O/c1-14(2,3)13-16-11-9-10(5-4-8-15)6-7-12(11)17-13/h4-7,9H,8,15H2,1-3H3/b5-4+. The van der Waals surface area contributed by atoms with Gasteiger partial charge in [-0.05, 0) is 17.7 Å². The van der Waals surface area contributed by atoms with E-state index in [9.17, 15) is 0 Å². The van der Waals surface area contributed by atoms with E-state index in [2.05, 4.69) is 25.8 Å². The van der Waals surface area contributed by atoms with Crippen molar-refractivity contribution in [2.45, 2.75) is 26.2 Å². The van der Waals surface area contributed by atoms with Crippen molar-refractivity contribution >= 4 is 17.2 Å². The molecule has 0 amide bonds. The first-order valence-corrected chi connectivity index (χ1v) is 5.78. The van der Waals surface area contributed by atoms with Crippen LogP contribution in [-0.2, 0) is 5.41 Å². The van der Waals surface area contributed by atoms with Crippen molar-refractivity contribution < 1.29 is 4.42 Å². The molecule has 0 bridgehead atoms. The maximum Gasteiger partial charge on any atom is 0.200 e. The summed E-state index contributed by atoms with van der Waals surface area (Å²) in [7, 11) is 0. The number of oxazole rings is 1. The zero-order chi connectivity index (χ0) is 12.5. The number of fused-ring (bicyclic) bond motifs is 1. The molecule has 1 heterocycles. The highest BCUT2D eigenvalue weighted by molar-refractivity contribution is 5.76. The predicted octanol–water partition coefficient (Wildman–Crippen LogP) is 3.10. The number of nitrogens with two attached hydrogens (primary N) is 1. The molecule has 0 saturated carbocycles. The third kappa shape index (κ3) is 2.56. The van der Waals surface area contributed by atoms with Gasteiger partial charge in [0, 0.05) is 12.0 Å². The summed E-state index contributed by atoms with van der Waals surface area (Å²) >= 11 is 0. The van der Waals surface area contributed by atoms with Crippen LogP contribution < -0.4 is 5.73 Å². The minimum Gasteiger partial charge on any atom is -0.440 e. The lowest BCUT2D eigenvalue weighted by Gasteiger charge is -2.11. The van der Waals surface area contributed by atoms with Crippen LogP contribution in [0.15, 0.2) is 28.7 Å². The van der Waals surface area contributed by atoms with Crippen LogP contribution >= 0.6 is 0 Å². The second-order valence-corrected chi connectivity index (χ2v) is 5.13. The first-order chi connectivity index (χ1) is 8.00. The van der Waals surface area contributed by atoms with Crippen LogP contribution in [0.1, 0.15) is 32.2 Å². The Labute approximate surface area is 101 Å². The molecule has 17 heavy (non-hydrogen) atoms. The molecule has 1 aromatic carbocycles. The van der Waals surface area contributed by atoms with Gasteiger partial charge in [-0.2, -0.15) is 0 Å². The lowest BCUT2D eigenvalue weighted by molar-refractivity contribution is 0.411. The predicted molar refractivity (Wildman–Crippen MR) is 70.8 cm³/mol. The Balaban J connectivity index is 2.44. The van der Waals surface area contributed by atoms with E-state index < -0.39 is 0 Å². The van der Waals surface area contributed by atoms with Gasteiger partial charge in [0.15, 0.2) is 5.58 Å². The van der Waals surface area contributed by atoms with Crippen LogP contribution in [0.2, 0.25) is 0 Å². The third-order valence-corrected chi connectivity index (χ3v) is 2.50. The summed E-state index contributed by atoms with van der Waals surface area (Å²) in [4.78, 5) is 4.52. The third-order valence-electron chi connectivity index (χ3n) is 2.50. The molecule has 0 spiro atoms. The van der Waals surface area contributed by atoms with E-state index in [-0.39, 0.29) is 5.41 Å². The number of rotatable bonds is 2. The Morgan fingerprint density at radius 2 is 2.12 bits per heavy atom. The summed E-state index contributed by atoms with van der Waals surface area (Å²) < 4.78 is 5.73. The number of hydrogen-bond donors (Lipinski definition) is 1. The zero-order valence-electron chi connectivity index (χ0n) is 10.5. The minimum atomic E-state index is -0.0632. The number of aromatic nitrogens is 1. The van der Waals surface area contributed by atoms with Crippen molar-refractivity contribution in [3.8, 4) is 0 Å². The molecule has 90 valence electrons. The summed E-state index contributed by atoms with van der Waals surface area (Å²) in [6.45, 7) is 6.82. The Morgan fingerprint density at radius 3 is 2.76 bits per heavy atom. The van der Waals surface area contributed by atoms with Gasteiger partial charge in [-0.1, -0.05) is 39.0 Å². The quantitative estimate of drug-likeness (QED) is 0.862. The van der Waals surface area contributed by atoms with Crippen LogP contribution in [0.4, 0.5) is 0 Å². The monoisotopic (exact) mass is 230 g/mol. The second-order valence-electron chi connectivity index (χ2n) is 5.13. The number of nitrogens with zero attached hydrogens (tertiary/aromatic N) is 1. The molecule has 1 aromatic heterocycles. The Hall–Kier alpha value is -1.61. The Kier molecular flexibility index (Phi) is 3.03. The van der Waals surface area contributed by atoms with Gasteiger partial charge in [-0.25, -0.2) is 4.98 Å². The molecule has 0 radical (unpaired) electrons. The minimum absolute atomic E-state index is 0.0632. The summed E-state index contributed by atoms with van der Waals surface area (Å²) in [5, 5.41) is 0. The van der Waals surface area contributed by atoms with E-state index in [1.54, 1.807) is 0 Å². The molecule has 2 rings (SSSR count). The largest absolute Gasteiger partial charge is 0.440 e. The highest BCUT2D eigenvalue weighted by Crippen LogP contribution is 2.26. The molecule has 0 fully saturated rings. The van der Waals surface area contributed by atoms with E-state index in [0.29, 0.717) is 6.54 Å².